The maximum absolute atomic E-state index is 12.9. The fourth-order valence-electron chi connectivity index (χ4n) is 3.15. The predicted molar refractivity (Wildman–Crippen MR) is 145 cm³/mol. The lowest BCUT2D eigenvalue weighted by Gasteiger charge is -2.17. The van der Waals surface area contributed by atoms with Gasteiger partial charge in [-0.15, -0.1) is 0 Å². The standard InChI is InChI=1S/C27H28N4O5S/c1-2-16-36-24-14-8-20(9-15-24)17-28-30-27(33)25(19-37-18-21-6-4-3-5-7-21)29-26(32)22-10-12-23(13-11-22)31(34)35/h3-15,17,25H,2,16,18-19H2,1H3,(H,29,32)(H,30,33)/b28-17-/t25-/m1/s1. The number of nitro benzene ring substituents is 1. The zero-order valence-corrected chi connectivity index (χ0v) is 21.1. The van der Waals surface area contributed by atoms with Gasteiger partial charge < -0.3 is 10.1 Å². The molecule has 0 unspecified atom stereocenters. The van der Waals surface area contributed by atoms with Crippen molar-refractivity contribution in [1.29, 1.82) is 0 Å². The molecule has 0 saturated carbocycles. The van der Waals surface area contributed by atoms with E-state index in [-0.39, 0.29) is 11.3 Å². The molecule has 2 N–H and O–H groups in total. The molecule has 0 spiro atoms. The Bertz CT molecular complexity index is 1200. The normalized spacial score (nSPS) is 11.6. The SMILES string of the molecule is CCCOc1ccc(/C=N\NC(=O)[C@@H](CSCc2ccccc2)NC(=O)c2ccc([N+](=O)[O-])cc2)cc1. The molecule has 0 aromatic heterocycles. The number of non-ortho nitro benzene ring substituents is 1. The molecule has 0 fully saturated rings. The highest BCUT2D eigenvalue weighted by Gasteiger charge is 2.22. The van der Waals surface area contributed by atoms with Gasteiger partial charge in [-0.05, 0) is 53.9 Å². The Kier molecular flexibility index (Phi) is 10.7. The number of hydrogen-bond donors (Lipinski definition) is 2. The highest BCUT2D eigenvalue weighted by Crippen LogP contribution is 2.15. The van der Waals surface area contributed by atoms with Gasteiger partial charge in [0.15, 0.2) is 0 Å². The topological polar surface area (TPSA) is 123 Å². The molecule has 0 saturated heterocycles. The molecule has 1 atom stereocenters. The summed E-state index contributed by atoms with van der Waals surface area (Å²) in [5.74, 6) is 0.732. The molecule has 10 heteroatoms. The number of amides is 2. The third kappa shape index (κ3) is 9.08. The number of nitrogens with zero attached hydrogens (tertiary/aromatic N) is 2. The molecule has 9 nitrogen and oxygen atoms in total. The van der Waals surface area contributed by atoms with E-state index in [2.05, 4.69) is 15.8 Å². The van der Waals surface area contributed by atoms with Crippen molar-refractivity contribution >= 4 is 35.5 Å². The molecule has 0 aliphatic rings. The van der Waals surface area contributed by atoms with Crippen LogP contribution in [0.25, 0.3) is 0 Å². The van der Waals surface area contributed by atoms with Crippen LogP contribution in [-0.4, -0.2) is 41.4 Å². The van der Waals surface area contributed by atoms with Crippen LogP contribution >= 0.6 is 11.8 Å². The summed E-state index contributed by atoms with van der Waals surface area (Å²) in [5.41, 5.74) is 4.45. The fourth-order valence-corrected chi connectivity index (χ4v) is 4.16. The van der Waals surface area contributed by atoms with Gasteiger partial charge in [0.05, 0.1) is 17.7 Å². The van der Waals surface area contributed by atoms with Crippen LogP contribution in [0.3, 0.4) is 0 Å². The summed E-state index contributed by atoms with van der Waals surface area (Å²) in [5, 5.41) is 17.6. The van der Waals surface area contributed by atoms with Crippen LogP contribution in [0.2, 0.25) is 0 Å². The second kappa shape index (κ2) is 14.4. The summed E-state index contributed by atoms with van der Waals surface area (Å²) >= 11 is 1.49. The van der Waals surface area contributed by atoms with Crippen LogP contribution in [0.4, 0.5) is 5.69 Å². The van der Waals surface area contributed by atoms with Gasteiger partial charge in [0.1, 0.15) is 11.8 Å². The highest BCUT2D eigenvalue weighted by atomic mass is 32.2. The van der Waals surface area contributed by atoms with Gasteiger partial charge in [-0.25, -0.2) is 5.43 Å². The molecule has 37 heavy (non-hydrogen) atoms. The van der Waals surface area contributed by atoms with E-state index in [4.69, 9.17) is 4.74 Å². The molecule has 0 bridgehead atoms. The van der Waals surface area contributed by atoms with Crippen molar-refractivity contribution in [3.63, 3.8) is 0 Å². The van der Waals surface area contributed by atoms with E-state index in [0.29, 0.717) is 18.1 Å². The van der Waals surface area contributed by atoms with Gasteiger partial charge in [0, 0.05) is 29.2 Å². The third-order valence-corrected chi connectivity index (χ3v) is 6.21. The van der Waals surface area contributed by atoms with E-state index >= 15 is 0 Å². The molecular weight excluding hydrogens is 492 g/mol. The Labute approximate surface area is 219 Å². The minimum atomic E-state index is -0.877. The summed E-state index contributed by atoms with van der Waals surface area (Å²) < 4.78 is 5.56. The van der Waals surface area contributed by atoms with Crippen molar-refractivity contribution in [2.45, 2.75) is 25.1 Å². The van der Waals surface area contributed by atoms with Crippen molar-refractivity contribution in [2.75, 3.05) is 12.4 Å². The number of rotatable bonds is 13. The number of carbonyl (C=O) groups excluding carboxylic acids is 2. The number of hydrazone groups is 1. The number of ether oxygens (including phenoxy) is 1. The zero-order valence-electron chi connectivity index (χ0n) is 20.3. The smallest absolute Gasteiger partial charge is 0.269 e. The van der Waals surface area contributed by atoms with Crippen LogP contribution in [0.15, 0.2) is 84.0 Å². The largest absolute Gasteiger partial charge is 0.494 e. The third-order valence-electron chi connectivity index (χ3n) is 5.10. The quantitative estimate of drug-likeness (QED) is 0.193. The van der Waals surface area contributed by atoms with Crippen LogP contribution in [0.5, 0.6) is 5.75 Å². The Morgan fingerprint density at radius 1 is 1.05 bits per heavy atom. The van der Waals surface area contributed by atoms with Crippen molar-refractivity contribution in [1.82, 2.24) is 10.7 Å². The van der Waals surface area contributed by atoms with Gasteiger partial charge in [0.2, 0.25) is 0 Å². The van der Waals surface area contributed by atoms with E-state index in [1.807, 2.05) is 61.5 Å². The summed E-state index contributed by atoms with van der Waals surface area (Å²) in [6, 6.07) is 21.4. The van der Waals surface area contributed by atoms with Gasteiger partial charge in [-0.2, -0.15) is 16.9 Å². The lowest BCUT2D eigenvalue weighted by atomic mass is 10.2. The van der Waals surface area contributed by atoms with Crippen molar-refractivity contribution in [3.05, 3.63) is 106 Å². The minimum absolute atomic E-state index is 0.122. The van der Waals surface area contributed by atoms with E-state index in [1.165, 1.54) is 42.2 Å². The molecular formula is C27H28N4O5S. The molecule has 3 aromatic rings. The first-order chi connectivity index (χ1) is 18.0. The lowest BCUT2D eigenvalue weighted by Crippen LogP contribution is -2.47. The van der Waals surface area contributed by atoms with E-state index < -0.39 is 22.8 Å². The second-order valence-corrected chi connectivity index (χ2v) is 9.01. The average Bonchev–Trinajstić information content (AvgIpc) is 2.92. The molecule has 3 rings (SSSR count). The number of nitrogens with one attached hydrogen (secondary N) is 2. The minimum Gasteiger partial charge on any atom is -0.494 e. The van der Waals surface area contributed by atoms with Crippen LogP contribution < -0.4 is 15.5 Å². The second-order valence-electron chi connectivity index (χ2n) is 7.98. The number of thioether (sulfide) groups is 1. The Hall–Kier alpha value is -4.18. The zero-order chi connectivity index (χ0) is 26.5. The molecule has 0 radical (unpaired) electrons. The van der Waals surface area contributed by atoms with Gasteiger partial charge in [-0.1, -0.05) is 37.3 Å². The van der Waals surface area contributed by atoms with Gasteiger partial charge in [0.25, 0.3) is 17.5 Å². The molecule has 192 valence electrons. The van der Waals surface area contributed by atoms with Crippen molar-refractivity contribution < 1.29 is 19.2 Å². The number of benzene rings is 3. The average molecular weight is 521 g/mol. The first-order valence-corrected chi connectivity index (χ1v) is 12.8. The Morgan fingerprint density at radius 2 is 1.76 bits per heavy atom. The maximum Gasteiger partial charge on any atom is 0.269 e. The highest BCUT2D eigenvalue weighted by molar-refractivity contribution is 7.98. The summed E-state index contributed by atoms with van der Waals surface area (Å²) in [6.07, 6.45) is 2.43. The summed E-state index contributed by atoms with van der Waals surface area (Å²) in [7, 11) is 0. The number of carbonyl (C=O) groups is 2. The molecule has 0 aliphatic carbocycles. The van der Waals surface area contributed by atoms with Crippen molar-refractivity contribution in [3.8, 4) is 5.75 Å². The van der Waals surface area contributed by atoms with Crippen LogP contribution in [0, 0.1) is 10.1 Å². The van der Waals surface area contributed by atoms with E-state index in [1.54, 1.807) is 0 Å². The van der Waals surface area contributed by atoms with Crippen LogP contribution in [0.1, 0.15) is 34.8 Å². The molecule has 3 aromatic carbocycles. The Morgan fingerprint density at radius 3 is 2.41 bits per heavy atom. The first-order valence-electron chi connectivity index (χ1n) is 11.7. The molecule has 0 aliphatic heterocycles. The van der Waals surface area contributed by atoms with E-state index in [9.17, 15) is 19.7 Å². The molecule has 0 heterocycles. The summed E-state index contributed by atoms with van der Waals surface area (Å²) in [6.45, 7) is 2.67. The van der Waals surface area contributed by atoms with Gasteiger partial charge >= 0.3 is 0 Å². The number of hydrogen-bond acceptors (Lipinski definition) is 7. The van der Waals surface area contributed by atoms with Crippen molar-refractivity contribution in [2.24, 2.45) is 5.10 Å². The van der Waals surface area contributed by atoms with E-state index in [0.717, 1.165) is 23.3 Å². The van der Waals surface area contributed by atoms with Crippen LogP contribution in [-0.2, 0) is 10.5 Å². The monoisotopic (exact) mass is 520 g/mol. The maximum atomic E-state index is 12.9. The Balaban J connectivity index is 1.63. The molecule has 2 amide bonds. The lowest BCUT2D eigenvalue weighted by molar-refractivity contribution is -0.384. The van der Waals surface area contributed by atoms with Gasteiger partial charge in [-0.3, -0.25) is 19.7 Å². The fraction of sp³-hybridized carbons (Fsp3) is 0.222. The predicted octanol–water partition coefficient (Wildman–Crippen LogP) is 4.57. The number of nitro groups is 1. The summed E-state index contributed by atoms with van der Waals surface area (Å²) in [4.78, 5) is 36.0. The first kappa shape index (κ1) is 27.4.